The standard InChI is InChI=1S/C27H41NO9/c1-7-9-22(29)36-20-12-11-19(15-21(20)37-23(30)10-8-2)24(25(28)26(31)32)17(5)18(6)35-27(33)34-14-13-16(3)4/h11-12,15-18,24-25H,7-10,13-14,28H2,1-6H3,(H,31,32)/t17?,18?,24?,25-/m0/s1. The third-order valence-electron chi connectivity index (χ3n) is 5.88. The maximum Gasteiger partial charge on any atom is 0.508 e. The van der Waals surface area contributed by atoms with Crippen LogP contribution in [-0.4, -0.2) is 47.9 Å². The molecule has 1 aromatic carbocycles. The number of aliphatic carboxylic acids is 1. The van der Waals surface area contributed by atoms with Crippen molar-refractivity contribution in [3.05, 3.63) is 23.8 Å². The molecular weight excluding hydrogens is 482 g/mol. The summed E-state index contributed by atoms with van der Waals surface area (Å²) in [5.41, 5.74) is 6.49. The van der Waals surface area contributed by atoms with Crippen molar-refractivity contribution in [1.82, 2.24) is 0 Å². The zero-order valence-electron chi connectivity index (χ0n) is 22.7. The van der Waals surface area contributed by atoms with Crippen LogP contribution < -0.4 is 15.2 Å². The summed E-state index contributed by atoms with van der Waals surface area (Å²) in [5.74, 6) is -3.32. The van der Waals surface area contributed by atoms with E-state index in [-0.39, 0.29) is 30.9 Å². The summed E-state index contributed by atoms with van der Waals surface area (Å²) in [6, 6.07) is 3.08. The Labute approximate surface area is 218 Å². The Bertz CT molecular complexity index is 915. The molecule has 37 heavy (non-hydrogen) atoms. The van der Waals surface area contributed by atoms with Crippen LogP contribution in [0.15, 0.2) is 18.2 Å². The van der Waals surface area contributed by atoms with E-state index in [1.165, 1.54) is 12.1 Å². The van der Waals surface area contributed by atoms with Gasteiger partial charge in [0, 0.05) is 24.7 Å². The van der Waals surface area contributed by atoms with Gasteiger partial charge in [0.05, 0.1) is 6.61 Å². The van der Waals surface area contributed by atoms with Crippen LogP contribution in [-0.2, 0) is 23.9 Å². The lowest BCUT2D eigenvalue weighted by Gasteiger charge is -2.31. The highest BCUT2D eigenvalue weighted by molar-refractivity contribution is 5.77. The number of carboxylic acid groups (broad SMARTS) is 1. The lowest BCUT2D eigenvalue weighted by molar-refractivity contribution is -0.140. The molecule has 208 valence electrons. The molecule has 0 aliphatic rings. The second-order valence-corrected chi connectivity index (χ2v) is 9.51. The van der Waals surface area contributed by atoms with Gasteiger partial charge in [-0.25, -0.2) is 4.79 Å². The molecule has 0 spiro atoms. The van der Waals surface area contributed by atoms with E-state index in [0.717, 1.165) is 0 Å². The number of nitrogens with two attached hydrogens (primary N) is 1. The van der Waals surface area contributed by atoms with E-state index >= 15 is 0 Å². The number of carbonyl (C=O) groups excluding carboxylic acids is 3. The first-order valence-electron chi connectivity index (χ1n) is 12.8. The topological polar surface area (TPSA) is 151 Å². The molecule has 0 aromatic heterocycles. The number of benzene rings is 1. The summed E-state index contributed by atoms with van der Waals surface area (Å²) in [7, 11) is 0. The van der Waals surface area contributed by atoms with Crippen molar-refractivity contribution < 1.29 is 43.2 Å². The lowest BCUT2D eigenvalue weighted by atomic mass is 9.79. The van der Waals surface area contributed by atoms with Crippen LogP contribution in [0.2, 0.25) is 0 Å². The van der Waals surface area contributed by atoms with E-state index in [9.17, 15) is 24.3 Å². The molecule has 0 radical (unpaired) electrons. The van der Waals surface area contributed by atoms with Gasteiger partial charge in [-0.1, -0.05) is 40.7 Å². The molecule has 0 saturated carbocycles. The quantitative estimate of drug-likeness (QED) is 0.242. The fourth-order valence-electron chi connectivity index (χ4n) is 3.61. The van der Waals surface area contributed by atoms with Gasteiger partial charge in [0.25, 0.3) is 0 Å². The van der Waals surface area contributed by atoms with E-state index in [0.29, 0.717) is 30.7 Å². The summed E-state index contributed by atoms with van der Waals surface area (Å²) >= 11 is 0. The molecule has 0 fully saturated rings. The molecule has 10 nitrogen and oxygen atoms in total. The van der Waals surface area contributed by atoms with Crippen LogP contribution in [0.25, 0.3) is 0 Å². The van der Waals surface area contributed by atoms with Crippen LogP contribution in [0.1, 0.15) is 85.1 Å². The molecule has 4 atom stereocenters. The fraction of sp³-hybridized carbons (Fsp3) is 0.630. The van der Waals surface area contributed by atoms with Gasteiger partial charge in [-0.2, -0.15) is 0 Å². The van der Waals surface area contributed by atoms with Gasteiger partial charge in [-0.05, 0) is 49.8 Å². The van der Waals surface area contributed by atoms with Crippen molar-refractivity contribution >= 4 is 24.1 Å². The van der Waals surface area contributed by atoms with Gasteiger partial charge in [-0.3, -0.25) is 14.4 Å². The molecule has 3 unspecified atom stereocenters. The van der Waals surface area contributed by atoms with E-state index in [1.54, 1.807) is 19.9 Å². The Morgan fingerprint density at radius 3 is 2.00 bits per heavy atom. The zero-order chi connectivity index (χ0) is 28.1. The van der Waals surface area contributed by atoms with Crippen molar-refractivity contribution in [3.8, 4) is 11.5 Å². The van der Waals surface area contributed by atoms with E-state index in [1.807, 2.05) is 27.7 Å². The van der Waals surface area contributed by atoms with Crippen LogP contribution in [0.3, 0.4) is 0 Å². The normalized spacial score (nSPS) is 14.3. The number of rotatable bonds is 15. The van der Waals surface area contributed by atoms with Gasteiger partial charge >= 0.3 is 24.1 Å². The molecule has 0 bridgehead atoms. The van der Waals surface area contributed by atoms with Crippen molar-refractivity contribution in [1.29, 1.82) is 0 Å². The minimum absolute atomic E-state index is 0.0168. The molecule has 1 aromatic rings. The minimum Gasteiger partial charge on any atom is -0.480 e. The average molecular weight is 524 g/mol. The summed E-state index contributed by atoms with van der Waals surface area (Å²) in [5, 5.41) is 9.70. The smallest absolute Gasteiger partial charge is 0.480 e. The van der Waals surface area contributed by atoms with Crippen molar-refractivity contribution in [2.24, 2.45) is 17.6 Å². The molecule has 0 aliphatic carbocycles. The molecule has 0 heterocycles. The van der Waals surface area contributed by atoms with E-state index in [2.05, 4.69) is 0 Å². The van der Waals surface area contributed by atoms with Crippen LogP contribution >= 0.6 is 0 Å². The first-order chi connectivity index (χ1) is 17.4. The molecule has 10 heteroatoms. The average Bonchev–Trinajstić information content (AvgIpc) is 2.80. The molecule has 1 rings (SSSR count). The van der Waals surface area contributed by atoms with E-state index in [4.69, 9.17) is 24.7 Å². The lowest BCUT2D eigenvalue weighted by Crippen LogP contribution is -2.42. The molecule has 0 amide bonds. The largest absolute Gasteiger partial charge is 0.508 e. The molecule has 0 saturated heterocycles. The van der Waals surface area contributed by atoms with E-state index < -0.39 is 48.0 Å². The number of hydrogen-bond acceptors (Lipinski definition) is 9. The van der Waals surface area contributed by atoms with Crippen LogP contribution in [0.5, 0.6) is 11.5 Å². The van der Waals surface area contributed by atoms with Gasteiger partial charge in [0.2, 0.25) is 0 Å². The van der Waals surface area contributed by atoms with Crippen molar-refractivity contribution in [2.45, 2.75) is 91.7 Å². The summed E-state index contributed by atoms with van der Waals surface area (Å²) in [6.07, 6.45) is 0.521. The van der Waals surface area contributed by atoms with Crippen molar-refractivity contribution in [2.75, 3.05) is 6.61 Å². The summed E-state index contributed by atoms with van der Waals surface area (Å²) in [6.45, 7) is 11.2. The predicted molar refractivity (Wildman–Crippen MR) is 136 cm³/mol. The van der Waals surface area contributed by atoms with Crippen LogP contribution in [0, 0.1) is 11.8 Å². The third kappa shape index (κ3) is 10.8. The maximum absolute atomic E-state index is 12.2. The Balaban J connectivity index is 3.29. The number of ether oxygens (including phenoxy) is 4. The monoisotopic (exact) mass is 523 g/mol. The van der Waals surface area contributed by atoms with Gasteiger partial charge < -0.3 is 29.8 Å². The van der Waals surface area contributed by atoms with Crippen LogP contribution in [0.4, 0.5) is 4.79 Å². The fourth-order valence-corrected chi connectivity index (χ4v) is 3.61. The van der Waals surface area contributed by atoms with Crippen molar-refractivity contribution in [3.63, 3.8) is 0 Å². The SMILES string of the molecule is CCCC(=O)Oc1ccc(C(C(C)C(C)OC(=O)OCCC(C)C)[C@H](N)C(=O)O)cc1OC(=O)CCC. The van der Waals surface area contributed by atoms with Gasteiger partial charge in [-0.15, -0.1) is 0 Å². The predicted octanol–water partition coefficient (Wildman–Crippen LogP) is 4.82. The highest BCUT2D eigenvalue weighted by Gasteiger charge is 2.36. The Morgan fingerprint density at radius 2 is 1.49 bits per heavy atom. The van der Waals surface area contributed by atoms with Gasteiger partial charge in [0.1, 0.15) is 12.1 Å². The third-order valence-corrected chi connectivity index (χ3v) is 5.88. The molecule has 0 aliphatic heterocycles. The summed E-state index contributed by atoms with van der Waals surface area (Å²) in [4.78, 5) is 48.4. The minimum atomic E-state index is -1.37. The molecule has 3 N–H and O–H groups in total. The maximum atomic E-state index is 12.2. The second-order valence-electron chi connectivity index (χ2n) is 9.51. The highest BCUT2D eigenvalue weighted by Crippen LogP contribution is 2.37. The first-order valence-corrected chi connectivity index (χ1v) is 12.8. The summed E-state index contributed by atoms with van der Waals surface area (Å²) < 4.78 is 21.3. The Kier molecular flexibility index (Phi) is 13.7. The number of carboxylic acids is 1. The Hall–Kier alpha value is -3.14. The first kappa shape index (κ1) is 31.9. The molecular formula is C27H41NO9. The zero-order valence-corrected chi connectivity index (χ0v) is 22.7. The Morgan fingerprint density at radius 1 is 0.919 bits per heavy atom. The van der Waals surface area contributed by atoms with Gasteiger partial charge in [0.15, 0.2) is 11.5 Å². The number of esters is 2. The number of carbonyl (C=O) groups is 4. The highest BCUT2D eigenvalue weighted by atomic mass is 16.7. The second kappa shape index (κ2) is 15.9. The number of hydrogen-bond donors (Lipinski definition) is 2.